The average molecular weight is 394 g/mol. The van der Waals surface area contributed by atoms with Gasteiger partial charge in [-0.3, -0.25) is 9.59 Å². The summed E-state index contributed by atoms with van der Waals surface area (Å²) in [5.74, 6) is -0.0583. The van der Waals surface area contributed by atoms with E-state index in [-0.39, 0.29) is 17.7 Å². The van der Waals surface area contributed by atoms with Crippen molar-refractivity contribution in [3.05, 3.63) is 17.8 Å². The standard InChI is InChI=1S/C18H23N3O3S2/c1-11-5-3-4-6-14(11)21-16(23)12(2)24-15(22)9-26-18-13-7-8-25-17(13)19-10-20-18/h7-8,10-12,14H,3-6,9H2,1-2H3,(H,21,23)/t11-,12+,14+/m0/s1. The molecule has 0 bridgehead atoms. The molecule has 0 saturated heterocycles. The molecule has 1 fully saturated rings. The molecule has 1 aliphatic rings. The van der Waals surface area contributed by atoms with E-state index in [1.165, 1.54) is 35.8 Å². The zero-order valence-electron chi connectivity index (χ0n) is 14.9. The maximum absolute atomic E-state index is 12.3. The smallest absolute Gasteiger partial charge is 0.317 e. The van der Waals surface area contributed by atoms with Crippen LogP contribution in [0.25, 0.3) is 10.2 Å². The number of carbonyl (C=O) groups excluding carboxylic acids is 2. The summed E-state index contributed by atoms with van der Waals surface area (Å²) in [6.45, 7) is 3.78. The van der Waals surface area contributed by atoms with Crippen LogP contribution < -0.4 is 5.32 Å². The molecule has 2 aromatic rings. The van der Waals surface area contributed by atoms with Gasteiger partial charge in [0, 0.05) is 11.4 Å². The van der Waals surface area contributed by atoms with E-state index in [9.17, 15) is 9.59 Å². The third-order valence-corrected chi connectivity index (χ3v) is 6.47. The number of amides is 1. The molecule has 1 aliphatic carbocycles. The Labute approximate surface area is 161 Å². The number of ether oxygens (including phenoxy) is 1. The summed E-state index contributed by atoms with van der Waals surface area (Å²) in [6.07, 6.45) is 5.18. The molecule has 6 nitrogen and oxygen atoms in total. The number of hydrogen-bond donors (Lipinski definition) is 1. The van der Waals surface area contributed by atoms with E-state index >= 15 is 0 Å². The highest BCUT2D eigenvalue weighted by atomic mass is 32.2. The highest BCUT2D eigenvalue weighted by Gasteiger charge is 2.26. The van der Waals surface area contributed by atoms with Crippen LogP contribution in [0.5, 0.6) is 0 Å². The summed E-state index contributed by atoms with van der Waals surface area (Å²) in [7, 11) is 0. The molecule has 1 saturated carbocycles. The van der Waals surface area contributed by atoms with Gasteiger partial charge in [-0.1, -0.05) is 31.5 Å². The van der Waals surface area contributed by atoms with Crippen molar-refractivity contribution < 1.29 is 14.3 Å². The molecule has 0 radical (unpaired) electrons. The summed E-state index contributed by atoms with van der Waals surface area (Å²) < 4.78 is 5.29. The Balaban J connectivity index is 1.48. The first-order chi connectivity index (χ1) is 12.5. The number of fused-ring (bicyclic) bond motifs is 1. The lowest BCUT2D eigenvalue weighted by Crippen LogP contribution is -2.46. The zero-order chi connectivity index (χ0) is 18.5. The van der Waals surface area contributed by atoms with E-state index in [0.29, 0.717) is 5.92 Å². The maximum atomic E-state index is 12.3. The molecule has 3 atom stereocenters. The quantitative estimate of drug-likeness (QED) is 0.460. The topological polar surface area (TPSA) is 81.2 Å². The molecule has 1 amide bonds. The number of hydrogen-bond acceptors (Lipinski definition) is 7. The van der Waals surface area contributed by atoms with Crippen molar-refractivity contribution >= 4 is 45.2 Å². The van der Waals surface area contributed by atoms with Crippen molar-refractivity contribution in [2.24, 2.45) is 5.92 Å². The molecule has 2 heterocycles. The number of aromatic nitrogens is 2. The minimum absolute atomic E-state index is 0.111. The van der Waals surface area contributed by atoms with Crippen molar-refractivity contribution in [1.82, 2.24) is 15.3 Å². The molecule has 0 unspecified atom stereocenters. The Morgan fingerprint density at radius 1 is 1.38 bits per heavy atom. The van der Waals surface area contributed by atoms with Crippen LogP contribution in [0.4, 0.5) is 0 Å². The number of nitrogens with zero attached hydrogens (tertiary/aromatic N) is 2. The average Bonchev–Trinajstić information content (AvgIpc) is 3.11. The van der Waals surface area contributed by atoms with Gasteiger partial charge < -0.3 is 10.1 Å². The lowest BCUT2D eigenvalue weighted by atomic mass is 9.86. The van der Waals surface area contributed by atoms with Gasteiger partial charge in [-0.25, -0.2) is 9.97 Å². The summed E-state index contributed by atoms with van der Waals surface area (Å²) in [5, 5.41) is 6.66. The van der Waals surface area contributed by atoms with Gasteiger partial charge >= 0.3 is 5.97 Å². The van der Waals surface area contributed by atoms with Gasteiger partial charge in [-0.2, -0.15) is 0 Å². The molecule has 0 aliphatic heterocycles. The van der Waals surface area contributed by atoms with Gasteiger partial charge in [0.25, 0.3) is 5.91 Å². The van der Waals surface area contributed by atoms with Crippen molar-refractivity contribution in [3.63, 3.8) is 0 Å². The van der Waals surface area contributed by atoms with Crippen molar-refractivity contribution in [2.75, 3.05) is 5.75 Å². The number of carbonyl (C=O) groups is 2. The third-order valence-electron chi connectivity index (χ3n) is 4.67. The Morgan fingerprint density at radius 3 is 3.00 bits per heavy atom. The number of rotatable bonds is 6. The molecule has 0 spiro atoms. The maximum Gasteiger partial charge on any atom is 0.317 e. The van der Waals surface area contributed by atoms with E-state index in [0.717, 1.165) is 34.5 Å². The van der Waals surface area contributed by atoms with Crippen molar-refractivity contribution in [3.8, 4) is 0 Å². The highest BCUT2D eigenvalue weighted by molar-refractivity contribution is 8.00. The lowest BCUT2D eigenvalue weighted by molar-refractivity contribution is -0.152. The Bertz CT molecular complexity index is 780. The fourth-order valence-electron chi connectivity index (χ4n) is 3.13. The molecule has 0 aromatic carbocycles. The van der Waals surface area contributed by atoms with E-state index in [2.05, 4.69) is 22.2 Å². The fourth-order valence-corrected chi connectivity index (χ4v) is 4.69. The predicted octanol–water partition coefficient (Wildman–Crippen LogP) is 3.41. The molecule has 8 heteroatoms. The van der Waals surface area contributed by atoms with Crippen LogP contribution in [0.2, 0.25) is 0 Å². The molecule has 3 rings (SSSR count). The number of thioether (sulfide) groups is 1. The molecular weight excluding hydrogens is 370 g/mol. The Hall–Kier alpha value is -1.67. The van der Waals surface area contributed by atoms with Crippen molar-refractivity contribution in [2.45, 2.75) is 56.7 Å². The minimum atomic E-state index is -0.788. The second-order valence-corrected chi connectivity index (χ2v) is 8.47. The number of nitrogens with one attached hydrogen (secondary N) is 1. The highest BCUT2D eigenvalue weighted by Crippen LogP contribution is 2.27. The van der Waals surface area contributed by atoms with Gasteiger partial charge in [0.2, 0.25) is 0 Å². The molecule has 2 aromatic heterocycles. The Kier molecular flexibility index (Phi) is 6.48. The normalized spacial score (nSPS) is 21.3. The molecule has 26 heavy (non-hydrogen) atoms. The number of thiophene rings is 1. The first-order valence-corrected chi connectivity index (χ1v) is 10.7. The zero-order valence-corrected chi connectivity index (χ0v) is 16.6. The van der Waals surface area contributed by atoms with Crippen LogP contribution in [0.15, 0.2) is 22.8 Å². The first-order valence-electron chi connectivity index (χ1n) is 8.85. The van der Waals surface area contributed by atoms with E-state index < -0.39 is 12.1 Å². The summed E-state index contributed by atoms with van der Waals surface area (Å²) >= 11 is 2.84. The molecular formula is C18H23N3O3S2. The summed E-state index contributed by atoms with van der Waals surface area (Å²) in [5.41, 5.74) is 0. The first kappa shape index (κ1) is 19.1. The van der Waals surface area contributed by atoms with Gasteiger partial charge in [0.1, 0.15) is 16.2 Å². The van der Waals surface area contributed by atoms with Gasteiger partial charge in [0.05, 0.1) is 5.75 Å². The van der Waals surface area contributed by atoms with Crippen LogP contribution in [0.3, 0.4) is 0 Å². The largest absolute Gasteiger partial charge is 0.452 e. The fraction of sp³-hybridized carbons (Fsp3) is 0.556. The number of esters is 1. The van der Waals surface area contributed by atoms with Gasteiger partial charge in [-0.05, 0) is 37.1 Å². The van der Waals surface area contributed by atoms with Crippen LogP contribution >= 0.6 is 23.1 Å². The lowest BCUT2D eigenvalue weighted by Gasteiger charge is -2.30. The second-order valence-electron chi connectivity index (χ2n) is 6.62. The predicted molar refractivity (Wildman–Crippen MR) is 103 cm³/mol. The van der Waals surface area contributed by atoms with Crippen LogP contribution in [0.1, 0.15) is 39.5 Å². The van der Waals surface area contributed by atoms with E-state index in [4.69, 9.17) is 4.74 Å². The SMILES string of the molecule is C[C@@H](OC(=O)CSc1ncnc2sccc12)C(=O)N[C@@H]1CCCC[C@@H]1C. The van der Waals surface area contributed by atoms with Gasteiger partial charge in [0.15, 0.2) is 6.10 Å². The minimum Gasteiger partial charge on any atom is -0.452 e. The van der Waals surface area contributed by atoms with E-state index in [1.807, 2.05) is 11.4 Å². The third kappa shape index (κ3) is 4.73. The summed E-state index contributed by atoms with van der Waals surface area (Å²) in [4.78, 5) is 33.7. The van der Waals surface area contributed by atoms with Crippen LogP contribution in [-0.4, -0.2) is 39.7 Å². The van der Waals surface area contributed by atoms with Crippen molar-refractivity contribution in [1.29, 1.82) is 0 Å². The molecule has 1 N–H and O–H groups in total. The summed E-state index contributed by atoms with van der Waals surface area (Å²) in [6, 6.07) is 2.12. The van der Waals surface area contributed by atoms with E-state index in [1.54, 1.807) is 6.92 Å². The van der Waals surface area contributed by atoms with Crippen LogP contribution in [-0.2, 0) is 14.3 Å². The van der Waals surface area contributed by atoms with Gasteiger partial charge in [-0.15, -0.1) is 11.3 Å². The Morgan fingerprint density at radius 2 is 2.19 bits per heavy atom. The second kappa shape index (κ2) is 8.81. The monoisotopic (exact) mass is 393 g/mol. The molecule has 140 valence electrons. The van der Waals surface area contributed by atoms with Crippen LogP contribution in [0, 0.1) is 5.92 Å².